The highest BCUT2D eigenvalue weighted by atomic mass is 19.4. The van der Waals surface area contributed by atoms with E-state index < -0.39 is 17.6 Å². The highest BCUT2D eigenvalue weighted by molar-refractivity contribution is 6.05. The van der Waals surface area contributed by atoms with Gasteiger partial charge in [-0.05, 0) is 42.8 Å². The van der Waals surface area contributed by atoms with Gasteiger partial charge in [-0.1, -0.05) is 12.1 Å². The fourth-order valence-corrected chi connectivity index (χ4v) is 2.82. The maximum absolute atomic E-state index is 13.1. The van der Waals surface area contributed by atoms with E-state index in [1.807, 2.05) is 0 Å². The van der Waals surface area contributed by atoms with Crippen molar-refractivity contribution in [2.75, 3.05) is 10.6 Å². The van der Waals surface area contributed by atoms with Crippen LogP contribution >= 0.6 is 0 Å². The second-order valence-corrected chi connectivity index (χ2v) is 6.66. The van der Waals surface area contributed by atoms with Crippen LogP contribution in [0.1, 0.15) is 27.9 Å². The summed E-state index contributed by atoms with van der Waals surface area (Å²) in [6, 6.07) is 9.78. The third-order valence-corrected chi connectivity index (χ3v) is 4.37. The lowest BCUT2D eigenvalue weighted by atomic mass is 10.1. The van der Waals surface area contributed by atoms with Gasteiger partial charge in [-0.15, -0.1) is 0 Å². The first-order valence-corrected chi connectivity index (χ1v) is 9.07. The molecule has 2 aromatic carbocycles. The van der Waals surface area contributed by atoms with E-state index in [4.69, 9.17) is 0 Å². The number of nitrogens with zero attached hydrogens (tertiary/aromatic N) is 2. The standard InChI is InChI=1S/C21H19F3N4O2/c1-14-5-6-17(12-18(14)21(22,23)24)27-20(30)15-3-2-4-16(11-15)26-19(29)7-9-28-10-8-25-13-28/h2-6,8,10-13H,7,9H2,1H3,(H,26,29)(H,27,30). The number of anilines is 2. The zero-order chi connectivity index (χ0) is 21.7. The average molecular weight is 416 g/mol. The van der Waals surface area contributed by atoms with Gasteiger partial charge >= 0.3 is 6.18 Å². The van der Waals surface area contributed by atoms with Crippen molar-refractivity contribution in [1.82, 2.24) is 9.55 Å². The van der Waals surface area contributed by atoms with Crippen LogP contribution in [-0.2, 0) is 17.5 Å². The van der Waals surface area contributed by atoms with Gasteiger partial charge in [0.2, 0.25) is 5.91 Å². The lowest BCUT2D eigenvalue weighted by Crippen LogP contribution is -2.16. The molecule has 3 rings (SSSR count). The van der Waals surface area contributed by atoms with Crippen molar-refractivity contribution in [1.29, 1.82) is 0 Å². The third-order valence-electron chi connectivity index (χ3n) is 4.37. The number of alkyl halides is 3. The molecule has 9 heteroatoms. The summed E-state index contributed by atoms with van der Waals surface area (Å²) in [6.07, 6.45) is 0.675. The number of carbonyl (C=O) groups excluding carboxylic acids is 2. The number of amides is 2. The maximum Gasteiger partial charge on any atom is 0.416 e. The number of hydrogen-bond acceptors (Lipinski definition) is 3. The van der Waals surface area contributed by atoms with Gasteiger partial charge in [0, 0.05) is 42.3 Å². The van der Waals surface area contributed by atoms with E-state index in [0.29, 0.717) is 12.2 Å². The quantitative estimate of drug-likeness (QED) is 0.622. The number of halogens is 3. The van der Waals surface area contributed by atoms with E-state index in [1.165, 1.54) is 31.2 Å². The van der Waals surface area contributed by atoms with E-state index >= 15 is 0 Å². The Morgan fingerprint density at radius 3 is 2.53 bits per heavy atom. The van der Waals surface area contributed by atoms with Crippen LogP contribution in [0, 0.1) is 6.92 Å². The molecule has 0 bridgehead atoms. The molecule has 6 nitrogen and oxygen atoms in total. The minimum absolute atomic E-state index is 0.0349. The molecule has 0 spiro atoms. The maximum atomic E-state index is 13.1. The molecule has 0 unspecified atom stereocenters. The summed E-state index contributed by atoms with van der Waals surface area (Å²) >= 11 is 0. The summed E-state index contributed by atoms with van der Waals surface area (Å²) in [5.41, 5.74) is -0.0810. The number of aryl methyl sites for hydroxylation is 2. The Bertz CT molecular complexity index is 1050. The smallest absolute Gasteiger partial charge is 0.337 e. The molecule has 1 aromatic heterocycles. The Balaban J connectivity index is 1.65. The molecule has 0 atom stereocenters. The molecule has 0 radical (unpaired) electrons. The van der Waals surface area contributed by atoms with Crippen LogP contribution in [-0.4, -0.2) is 21.4 Å². The van der Waals surface area contributed by atoms with Gasteiger partial charge in [-0.25, -0.2) is 4.98 Å². The van der Waals surface area contributed by atoms with E-state index in [-0.39, 0.29) is 29.1 Å². The summed E-state index contributed by atoms with van der Waals surface area (Å²) in [6.45, 7) is 1.81. The first kappa shape index (κ1) is 21.1. The molecule has 0 aliphatic heterocycles. The first-order valence-electron chi connectivity index (χ1n) is 9.07. The summed E-state index contributed by atoms with van der Waals surface area (Å²) < 4.78 is 40.9. The molecule has 0 aliphatic rings. The predicted molar refractivity (Wildman–Crippen MR) is 106 cm³/mol. The van der Waals surface area contributed by atoms with Crippen LogP contribution in [0.2, 0.25) is 0 Å². The zero-order valence-electron chi connectivity index (χ0n) is 16.0. The summed E-state index contributed by atoms with van der Waals surface area (Å²) in [5.74, 6) is -0.823. The minimum Gasteiger partial charge on any atom is -0.337 e. The molecule has 2 amide bonds. The second kappa shape index (κ2) is 8.81. The van der Waals surface area contributed by atoms with Crippen molar-refractivity contribution in [2.24, 2.45) is 0 Å². The second-order valence-electron chi connectivity index (χ2n) is 6.66. The van der Waals surface area contributed by atoms with Crippen molar-refractivity contribution in [3.63, 3.8) is 0 Å². The van der Waals surface area contributed by atoms with Gasteiger partial charge < -0.3 is 15.2 Å². The molecule has 0 aliphatic carbocycles. The Morgan fingerprint density at radius 2 is 1.83 bits per heavy atom. The monoisotopic (exact) mass is 416 g/mol. The van der Waals surface area contributed by atoms with Gasteiger partial charge in [0.15, 0.2) is 0 Å². The summed E-state index contributed by atoms with van der Waals surface area (Å²) in [5, 5.41) is 5.16. The SMILES string of the molecule is Cc1ccc(NC(=O)c2cccc(NC(=O)CCn3ccnc3)c2)cc1C(F)(F)F. The van der Waals surface area contributed by atoms with Crippen molar-refractivity contribution >= 4 is 23.2 Å². The van der Waals surface area contributed by atoms with Crippen molar-refractivity contribution in [3.8, 4) is 0 Å². The molecular formula is C21H19F3N4O2. The van der Waals surface area contributed by atoms with Crippen LogP contribution in [0.5, 0.6) is 0 Å². The number of carbonyl (C=O) groups is 2. The number of benzene rings is 2. The fraction of sp³-hybridized carbons (Fsp3) is 0.190. The number of rotatable bonds is 6. The lowest BCUT2D eigenvalue weighted by molar-refractivity contribution is -0.138. The van der Waals surface area contributed by atoms with Crippen molar-refractivity contribution in [2.45, 2.75) is 26.1 Å². The first-order chi connectivity index (χ1) is 14.2. The largest absolute Gasteiger partial charge is 0.416 e. The molecular weight excluding hydrogens is 397 g/mol. The Morgan fingerprint density at radius 1 is 1.07 bits per heavy atom. The van der Waals surface area contributed by atoms with Crippen molar-refractivity contribution < 1.29 is 22.8 Å². The fourth-order valence-electron chi connectivity index (χ4n) is 2.82. The van der Waals surface area contributed by atoms with Gasteiger partial charge in [0.1, 0.15) is 0 Å². The van der Waals surface area contributed by atoms with E-state index in [2.05, 4.69) is 15.6 Å². The summed E-state index contributed by atoms with van der Waals surface area (Å²) in [4.78, 5) is 28.5. The van der Waals surface area contributed by atoms with Gasteiger partial charge in [0.05, 0.1) is 11.9 Å². The van der Waals surface area contributed by atoms with Gasteiger partial charge in [-0.2, -0.15) is 13.2 Å². The van der Waals surface area contributed by atoms with Crippen LogP contribution < -0.4 is 10.6 Å². The van der Waals surface area contributed by atoms with Gasteiger partial charge in [0.25, 0.3) is 5.91 Å². The van der Waals surface area contributed by atoms with E-state index in [0.717, 1.165) is 6.07 Å². The molecule has 156 valence electrons. The normalized spacial score (nSPS) is 11.2. The Labute approximate surface area is 170 Å². The van der Waals surface area contributed by atoms with Crippen LogP contribution in [0.4, 0.5) is 24.5 Å². The minimum atomic E-state index is -4.51. The van der Waals surface area contributed by atoms with Gasteiger partial charge in [-0.3, -0.25) is 9.59 Å². The van der Waals surface area contributed by atoms with Crippen LogP contribution in [0.25, 0.3) is 0 Å². The molecule has 0 saturated heterocycles. The molecule has 3 aromatic rings. The zero-order valence-corrected chi connectivity index (χ0v) is 16.0. The van der Waals surface area contributed by atoms with Crippen LogP contribution in [0.3, 0.4) is 0 Å². The molecule has 2 N–H and O–H groups in total. The van der Waals surface area contributed by atoms with Crippen LogP contribution in [0.15, 0.2) is 61.2 Å². The Kier molecular flexibility index (Phi) is 6.20. The molecule has 1 heterocycles. The number of nitrogens with one attached hydrogen (secondary N) is 2. The predicted octanol–water partition coefficient (Wildman–Crippen LogP) is 4.49. The third kappa shape index (κ3) is 5.47. The molecule has 0 saturated carbocycles. The number of hydrogen-bond donors (Lipinski definition) is 2. The lowest BCUT2D eigenvalue weighted by Gasteiger charge is -2.13. The molecule has 0 fully saturated rings. The van der Waals surface area contributed by atoms with E-state index in [1.54, 1.807) is 35.4 Å². The van der Waals surface area contributed by atoms with Crippen molar-refractivity contribution in [3.05, 3.63) is 77.9 Å². The highest BCUT2D eigenvalue weighted by Crippen LogP contribution is 2.33. The molecule has 30 heavy (non-hydrogen) atoms. The topological polar surface area (TPSA) is 76.0 Å². The number of aromatic nitrogens is 2. The van der Waals surface area contributed by atoms with E-state index in [9.17, 15) is 22.8 Å². The average Bonchev–Trinajstić information content (AvgIpc) is 3.21. The summed E-state index contributed by atoms with van der Waals surface area (Å²) in [7, 11) is 0. The number of imidazole rings is 1. The Hall–Kier alpha value is -3.62. The highest BCUT2D eigenvalue weighted by Gasteiger charge is 2.32.